The highest BCUT2D eigenvalue weighted by atomic mass is 14.5. The standard InChI is InChI=1S/C19H30N2/c1-18(2,3)15-8-7-9-16(12-15)19(17(13-20)14-21)10-5-4-6-11-19/h15-17H,4-12H2,1-3H3/t15-,16+/m1/s1. The van der Waals surface area contributed by atoms with E-state index in [9.17, 15) is 10.5 Å². The van der Waals surface area contributed by atoms with Gasteiger partial charge in [0.2, 0.25) is 0 Å². The number of hydrogen-bond acceptors (Lipinski definition) is 2. The van der Waals surface area contributed by atoms with Crippen LogP contribution in [0, 0.1) is 51.2 Å². The van der Waals surface area contributed by atoms with Crippen LogP contribution in [0.5, 0.6) is 0 Å². The van der Waals surface area contributed by atoms with Gasteiger partial charge in [0.15, 0.2) is 0 Å². The molecule has 0 aromatic carbocycles. The summed E-state index contributed by atoms with van der Waals surface area (Å²) >= 11 is 0. The van der Waals surface area contributed by atoms with E-state index in [1.165, 1.54) is 44.9 Å². The summed E-state index contributed by atoms with van der Waals surface area (Å²) < 4.78 is 0. The molecule has 2 heteroatoms. The fourth-order valence-corrected chi connectivity index (χ4v) is 4.93. The van der Waals surface area contributed by atoms with Gasteiger partial charge in [0.05, 0.1) is 12.1 Å². The smallest absolute Gasteiger partial charge is 0.139 e. The molecule has 0 aromatic heterocycles. The summed E-state index contributed by atoms with van der Waals surface area (Å²) in [5.41, 5.74) is 0.342. The van der Waals surface area contributed by atoms with Crippen molar-refractivity contribution in [3.63, 3.8) is 0 Å². The largest absolute Gasteiger partial charge is 0.197 e. The van der Waals surface area contributed by atoms with Gasteiger partial charge in [-0.3, -0.25) is 0 Å². The van der Waals surface area contributed by atoms with E-state index in [-0.39, 0.29) is 5.41 Å². The van der Waals surface area contributed by atoms with E-state index in [1.807, 2.05) is 0 Å². The molecule has 0 bridgehead atoms. The van der Waals surface area contributed by atoms with Crippen molar-refractivity contribution in [3.05, 3.63) is 0 Å². The summed E-state index contributed by atoms with van der Waals surface area (Å²) in [6, 6.07) is 4.70. The molecule has 0 N–H and O–H groups in total. The maximum absolute atomic E-state index is 9.53. The van der Waals surface area contributed by atoms with Crippen LogP contribution in [0.2, 0.25) is 0 Å². The first kappa shape index (κ1) is 16.4. The highest BCUT2D eigenvalue weighted by Gasteiger charge is 2.48. The first-order valence-electron chi connectivity index (χ1n) is 8.73. The number of hydrogen-bond donors (Lipinski definition) is 0. The van der Waals surface area contributed by atoms with Crippen LogP contribution in [-0.4, -0.2) is 0 Å². The van der Waals surface area contributed by atoms with Gasteiger partial charge in [-0.15, -0.1) is 0 Å². The molecule has 0 aliphatic heterocycles. The average Bonchev–Trinajstić information content (AvgIpc) is 2.49. The van der Waals surface area contributed by atoms with Crippen molar-refractivity contribution in [2.75, 3.05) is 0 Å². The van der Waals surface area contributed by atoms with Crippen molar-refractivity contribution in [2.24, 2.45) is 28.6 Å². The molecule has 0 heterocycles. The molecule has 0 aromatic rings. The van der Waals surface area contributed by atoms with E-state index in [1.54, 1.807) is 0 Å². The minimum Gasteiger partial charge on any atom is -0.197 e. The Hall–Kier alpha value is -1.02. The average molecular weight is 286 g/mol. The quantitative estimate of drug-likeness (QED) is 0.677. The van der Waals surface area contributed by atoms with Gasteiger partial charge in [-0.2, -0.15) is 10.5 Å². The van der Waals surface area contributed by atoms with Crippen LogP contribution in [0.3, 0.4) is 0 Å². The molecule has 2 rings (SSSR count). The third kappa shape index (κ3) is 3.26. The lowest BCUT2D eigenvalue weighted by Crippen LogP contribution is -2.42. The second kappa shape index (κ2) is 6.39. The Labute approximate surface area is 130 Å². The van der Waals surface area contributed by atoms with Crippen LogP contribution < -0.4 is 0 Å². The topological polar surface area (TPSA) is 47.6 Å². The summed E-state index contributed by atoms with van der Waals surface area (Å²) in [7, 11) is 0. The Morgan fingerprint density at radius 2 is 1.57 bits per heavy atom. The Kier molecular flexibility index (Phi) is 4.98. The fourth-order valence-electron chi connectivity index (χ4n) is 4.93. The van der Waals surface area contributed by atoms with Crippen LogP contribution in [0.25, 0.3) is 0 Å². The molecule has 0 radical (unpaired) electrons. The Morgan fingerprint density at radius 1 is 0.952 bits per heavy atom. The van der Waals surface area contributed by atoms with Crippen molar-refractivity contribution in [3.8, 4) is 12.1 Å². The number of nitrogens with zero attached hydrogens (tertiary/aromatic N) is 2. The zero-order valence-electron chi connectivity index (χ0n) is 14.0. The van der Waals surface area contributed by atoms with Crippen LogP contribution in [0.15, 0.2) is 0 Å². The molecule has 0 unspecified atom stereocenters. The molecule has 2 atom stereocenters. The van der Waals surface area contributed by atoms with Gasteiger partial charge >= 0.3 is 0 Å². The van der Waals surface area contributed by atoms with E-state index >= 15 is 0 Å². The Balaban J connectivity index is 2.25. The van der Waals surface area contributed by atoms with Gasteiger partial charge in [-0.05, 0) is 49.4 Å². The molecule has 2 saturated carbocycles. The lowest BCUT2D eigenvalue weighted by atomic mass is 9.54. The van der Waals surface area contributed by atoms with Crippen molar-refractivity contribution in [1.82, 2.24) is 0 Å². The van der Waals surface area contributed by atoms with Gasteiger partial charge < -0.3 is 0 Å². The molecule has 0 amide bonds. The monoisotopic (exact) mass is 286 g/mol. The predicted molar refractivity (Wildman–Crippen MR) is 85.1 cm³/mol. The minimum atomic E-state index is -0.401. The molecule has 116 valence electrons. The van der Waals surface area contributed by atoms with Gasteiger partial charge in [0.1, 0.15) is 5.92 Å². The van der Waals surface area contributed by atoms with Crippen molar-refractivity contribution in [2.45, 2.75) is 78.6 Å². The van der Waals surface area contributed by atoms with Crippen molar-refractivity contribution in [1.29, 1.82) is 10.5 Å². The Morgan fingerprint density at radius 3 is 2.10 bits per heavy atom. The van der Waals surface area contributed by atoms with Gasteiger partial charge in [-0.1, -0.05) is 46.5 Å². The second-order valence-corrected chi connectivity index (χ2v) is 8.41. The molecular formula is C19H30N2. The van der Waals surface area contributed by atoms with Gasteiger partial charge in [0, 0.05) is 5.41 Å². The van der Waals surface area contributed by atoms with E-state index in [4.69, 9.17) is 0 Å². The molecule has 2 aliphatic carbocycles. The summed E-state index contributed by atoms with van der Waals surface area (Å²) in [4.78, 5) is 0. The summed E-state index contributed by atoms with van der Waals surface area (Å²) in [6.45, 7) is 7.04. The third-order valence-corrected chi connectivity index (χ3v) is 6.33. The van der Waals surface area contributed by atoms with Crippen LogP contribution in [-0.2, 0) is 0 Å². The van der Waals surface area contributed by atoms with E-state index in [0.717, 1.165) is 18.8 Å². The maximum atomic E-state index is 9.53. The molecule has 2 aliphatic rings. The molecule has 21 heavy (non-hydrogen) atoms. The van der Waals surface area contributed by atoms with Crippen molar-refractivity contribution < 1.29 is 0 Å². The highest BCUT2D eigenvalue weighted by Crippen LogP contribution is 2.55. The maximum Gasteiger partial charge on any atom is 0.139 e. The third-order valence-electron chi connectivity index (χ3n) is 6.33. The number of rotatable bonds is 2. The molecule has 2 fully saturated rings. The fraction of sp³-hybridized carbons (Fsp3) is 0.895. The zero-order valence-corrected chi connectivity index (χ0v) is 14.0. The van der Waals surface area contributed by atoms with Gasteiger partial charge in [-0.25, -0.2) is 0 Å². The molecular weight excluding hydrogens is 256 g/mol. The van der Waals surface area contributed by atoms with E-state index in [2.05, 4.69) is 32.9 Å². The first-order chi connectivity index (χ1) is 9.94. The van der Waals surface area contributed by atoms with Crippen LogP contribution >= 0.6 is 0 Å². The zero-order chi connectivity index (χ0) is 15.5. The lowest BCUT2D eigenvalue weighted by Gasteiger charge is -2.49. The predicted octanol–water partition coefficient (Wildman–Crippen LogP) is 5.45. The highest BCUT2D eigenvalue weighted by molar-refractivity contribution is 5.12. The van der Waals surface area contributed by atoms with Crippen LogP contribution in [0.1, 0.15) is 78.6 Å². The second-order valence-electron chi connectivity index (χ2n) is 8.41. The minimum absolute atomic E-state index is 0.00826. The Bertz CT molecular complexity index is 412. The van der Waals surface area contributed by atoms with Crippen molar-refractivity contribution >= 4 is 0 Å². The number of nitriles is 2. The van der Waals surface area contributed by atoms with E-state index < -0.39 is 5.92 Å². The summed E-state index contributed by atoms with van der Waals surface area (Å²) in [5.74, 6) is 0.926. The van der Waals surface area contributed by atoms with E-state index in [0.29, 0.717) is 11.3 Å². The summed E-state index contributed by atoms with van der Waals surface area (Å²) in [5, 5.41) is 19.1. The summed E-state index contributed by atoms with van der Waals surface area (Å²) in [6.07, 6.45) is 10.9. The molecule has 0 saturated heterocycles. The molecule has 0 spiro atoms. The normalized spacial score (nSPS) is 29.6. The lowest BCUT2D eigenvalue weighted by molar-refractivity contribution is 0.00909. The first-order valence-corrected chi connectivity index (χ1v) is 8.73. The SMILES string of the molecule is CC(C)(C)[C@@H]1CCC[C@H](C2(C(C#N)C#N)CCCCC2)C1. The van der Waals surface area contributed by atoms with Gasteiger partial charge in [0.25, 0.3) is 0 Å². The van der Waals surface area contributed by atoms with Crippen LogP contribution in [0.4, 0.5) is 0 Å². The molecule has 2 nitrogen and oxygen atoms in total.